The van der Waals surface area contributed by atoms with Crippen LogP contribution in [0, 0.1) is 0 Å². The Morgan fingerprint density at radius 2 is 2.00 bits per heavy atom. The molecule has 0 radical (unpaired) electrons. The van der Waals surface area contributed by atoms with E-state index in [2.05, 4.69) is 38.2 Å². The molecule has 0 aliphatic heterocycles. The molecule has 1 aromatic rings. The minimum atomic E-state index is 0.112. The first-order valence-corrected chi connectivity index (χ1v) is 6.40. The summed E-state index contributed by atoms with van der Waals surface area (Å²) in [5.74, 6) is 0.895. The van der Waals surface area contributed by atoms with Crippen molar-refractivity contribution in [1.29, 1.82) is 0 Å². The quantitative estimate of drug-likeness (QED) is 0.843. The Morgan fingerprint density at radius 1 is 1.28 bits per heavy atom. The molecule has 0 saturated carbocycles. The molecule has 0 saturated heterocycles. The van der Waals surface area contributed by atoms with Crippen LogP contribution in [-0.4, -0.2) is 25.4 Å². The lowest BCUT2D eigenvalue weighted by Gasteiger charge is -2.20. The molecule has 18 heavy (non-hydrogen) atoms. The number of ether oxygens (including phenoxy) is 2. The van der Waals surface area contributed by atoms with Crippen LogP contribution < -0.4 is 10.1 Å². The molecule has 0 heterocycles. The summed E-state index contributed by atoms with van der Waals surface area (Å²) in [5.41, 5.74) is 1.36. The maximum atomic E-state index is 5.68. The third kappa shape index (κ3) is 6.03. The maximum absolute atomic E-state index is 5.68. The van der Waals surface area contributed by atoms with Crippen molar-refractivity contribution < 1.29 is 9.47 Å². The molecule has 1 N–H and O–H groups in total. The Labute approximate surface area is 110 Å². The summed E-state index contributed by atoms with van der Waals surface area (Å²) in [6, 6.07) is 8.17. The second kappa shape index (κ2) is 6.76. The Balaban J connectivity index is 2.51. The molecule has 3 nitrogen and oxygen atoms in total. The summed E-state index contributed by atoms with van der Waals surface area (Å²) in [6.07, 6.45) is 0.112. The minimum absolute atomic E-state index is 0.112. The molecule has 1 aromatic carbocycles. The summed E-state index contributed by atoms with van der Waals surface area (Å²) < 4.78 is 10.8. The van der Waals surface area contributed by atoms with Crippen molar-refractivity contribution >= 4 is 0 Å². The van der Waals surface area contributed by atoms with Crippen LogP contribution in [0.15, 0.2) is 24.3 Å². The average Bonchev–Trinajstić information content (AvgIpc) is 2.33. The summed E-state index contributed by atoms with van der Waals surface area (Å²) in [6.45, 7) is 9.90. The van der Waals surface area contributed by atoms with E-state index in [9.17, 15) is 0 Å². The molecule has 1 rings (SSSR count). The highest BCUT2D eigenvalue weighted by Gasteiger charge is 2.08. The molecule has 1 unspecified atom stereocenters. The van der Waals surface area contributed by atoms with Crippen molar-refractivity contribution in [3.63, 3.8) is 0 Å². The van der Waals surface area contributed by atoms with Crippen LogP contribution in [0.3, 0.4) is 0 Å². The van der Waals surface area contributed by atoms with Gasteiger partial charge in [-0.1, -0.05) is 12.1 Å². The van der Waals surface area contributed by atoms with Crippen molar-refractivity contribution in [2.24, 2.45) is 0 Å². The van der Waals surface area contributed by atoms with E-state index < -0.39 is 0 Å². The number of rotatable bonds is 6. The first-order valence-electron chi connectivity index (χ1n) is 6.40. The molecule has 3 heteroatoms. The lowest BCUT2D eigenvalue weighted by atomic mass is 10.1. The van der Waals surface area contributed by atoms with Crippen LogP contribution in [0.5, 0.6) is 5.75 Å². The molecule has 0 bridgehead atoms. The van der Waals surface area contributed by atoms with Gasteiger partial charge in [-0.05, 0) is 45.4 Å². The SMILES string of the molecule is COC(C)COc1cccc(CNC(C)(C)C)c1. The summed E-state index contributed by atoms with van der Waals surface area (Å²) >= 11 is 0. The number of hydrogen-bond acceptors (Lipinski definition) is 3. The minimum Gasteiger partial charge on any atom is -0.491 e. The average molecular weight is 251 g/mol. The molecule has 0 fully saturated rings. The molecule has 0 spiro atoms. The van der Waals surface area contributed by atoms with Crippen LogP contribution >= 0.6 is 0 Å². The third-order valence-corrected chi connectivity index (χ3v) is 2.61. The van der Waals surface area contributed by atoms with Gasteiger partial charge in [0.15, 0.2) is 0 Å². The zero-order valence-electron chi connectivity index (χ0n) is 12.1. The van der Waals surface area contributed by atoms with E-state index in [0.29, 0.717) is 6.61 Å². The van der Waals surface area contributed by atoms with Crippen molar-refractivity contribution in [2.45, 2.75) is 45.9 Å². The third-order valence-electron chi connectivity index (χ3n) is 2.61. The van der Waals surface area contributed by atoms with Gasteiger partial charge < -0.3 is 14.8 Å². The van der Waals surface area contributed by atoms with Crippen LogP contribution in [0.25, 0.3) is 0 Å². The zero-order chi connectivity index (χ0) is 13.6. The monoisotopic (exact) mass is 251 g/mol. The topological polar surface area (TPSA) is 30.5 Å². The fraction of sp³-hybridized carbons (Fsp3) is 0.600. The number of hydrogen-bond donors (Lipinski definition) is 1. The Hall–Kier alpha value is -1.06. The van der Waals surface area contributed by atoms with Crippen molar-refractivity contribution in [1.82, 2.24) is 5.32 Å². The fourth-order valence-electron chi connectivity index (χ4n) is 1.39. The van der Waals surface area contributed by atoms with Gasteiger partial charge in [-0.25, -0.2) is 0 Å². The lowest BCUT2D eigenvalue weighted by Crippen LogP contribution is -2.35. The maximum Gasteiger partial charge on any atom is 0.119 e. The van der Waals surface area contributed by atoms with Crippen molar-refractivity contribution in [2.75, 3.05) is 13.7 Å². The van der Waals surface area contributed by atoms with E-state index in [1.54, 1.807) is 7.11 Å². The van der Waals surface area contributed by atoms with Gasteiger partial charge in [0.05, 0.1) is 6.10 Å². The first kappa shape index (κ1) is 15.0. The Bertz CT molecular complexity index is 358. The number of benzene rings is 1. The van der Waals surface area contributed by atoms with Gasteiger partial charge in [0.2, 0.25) is 0 Å². The standard InChI is InChI=1S/C15H25NO2/c1-12(17-5)11-18-14-8-6-7-13(9-14)10-16-15(2,3)4/h6-9,12,16H,10-11H2,1-5H3. The number of methoxy groups -OCH3 is 1. The zero-order valence-corrected chi connectivity index (χ0v) is 12.1. The summed E-state index contributed by atoms with van der Waals surface area (Å²) in [4.78, 5) is 0. The molecule has 1 atom stereocenters. The van der Waals surface area contributed by atoms with E-state index >= 15 is 0 Å². The van der Waals surface area contributed by atoms with Gasteiger partial charge in [0.1, 0.15) is 12.4 Å². The van der Waals surface area contributed by atoms with Crippen molar-refractivity contribution in [3.05, 3.63) is 29.8 Å². The fourth-order valence-corrected chi connectivity index (χ4v) is 1.39. The lowest BCUT2D eigenvalue weighted by molar-refractivity contribution is 0.0716. The highest BCUT2D eigenvalue weighted by molar-refractivity contribution is 5.28. The largest absolute Gasteiger partial charge is 0.491 e. The second-order valence-corrected chi connectivity index (χ2v) is 5.61. The van der Waals surface area contributed by atoms with Gasteiger partial charge in [-0.2, -0.15) is 0 Å². The second-order valence-electron chi connectivity index (χ2n) is 5.61. The Morgan fingerprint density at radius 3 is 2.61 bits per heavy atom. The van der Waals surface area contributed by atoms with E-state index in [-0.39, 0.29) is 11.6 Å². The van der Waals surface area contributed by atoms with Gasteiger partial charge in [0.25, 0.3) is 0 Å². The normalized spacial score (nSPS) is 13.4. The molecule has 0 aliphatic rings. The van der Waals surface area contributed by atoms with Crippen LogP contribution in [0.1, 0.15) is 33.3 Å². The first-order chi connectivity index (χ1) is 8.40. The predicted molar refractivity (Wildman–Crippen MR) is 75.0 cm³/mol. The molecular weight excluding hydrogens is 226 g/mol. The van der Waals surface area contributed by atoms with Gasteiger partial charge >= 0.3 is 0 Å². The van der Waals surface area contributed by atoms with E-state index in [4.69, 9.17) is 9.47 Å². The van der Waals surface area contributed by atoms with Crippen LogP contribution in [0.2, 0.25) is 0 Å². The highest BCUT2D eigenvalue weighted by atomic mass is 16.5. The van der Waals surface area contributed by atoms with Crippen LogP contribution in [0.4, 0.5) is 0 Å². The van der Waals surface area contributed by atoms with Gasteiger partial charge in [0, 0.05) is 19.2 Å². The van der Waals surface area contributed by atoms with E-state index in [1.807, 2.05) is 19.1 Å². The van der Waals surface area contributed by atoms with Gasteiger partial charge in [-0.3, -0.25) is 0 Å². The molecule has 102 valence electrons. The van der Waals surface area contributed by atoms with E-state index in [0.717, 1.165) is 12.3 Å². The summed E-state index contributed by atoms with van der Waals surface area (Å²) in [7, 11) is 1.69. The molecular formula is C15H25NO2. The molecule has 0 amide bonds. The smallest absolute Gasteiger partial charge is 0.119 e. The van der Waals surface area contributed by atoms with Gasteiger partial charge in [-0.15, -0.1) is 0 Å². The van der Waals surface area contributed by atoms with Crippen molar-refractivity contribution in [3.8, 4) is 5.75 Å². The Kier molecular flexibility index (Phi) is 5.63. The summed E-state index contributed by atoms with van der Waals surface area (Å²) in [5, 5.41) is 3.46. The predicted octanol–water partition coefficient (Wildman–Crippen LogP) is 2.99. The van der Waals surface area contributed by atoms with E-state index in [1.165, 1.54) is 5.56 Å². The molecule has 0 aromatic heterocycles. The number of nitrogens with one attached hydrogen (secondary N) is 1. The highest BCUT2D eigenvalue weighted by Crippen LogP contribution is 2.14. The van der Waals surface area contributed by atoms with Crippen LogP contribution in [-0.2, 0) is 11.3 Å². The molecule has 0 aliphatic carbocycles.